The van der Waals surface area contributed by atoms with Gasteiger partial charge in [0.25, 0.3) is 0 Å². The van der Waals surface area contributed by atoms with E-state index in [9.17, 15) is 4.57 Å². The zero-order valence-corrected chi connectivity index (χ0v) is 18.9. The number of unbranched alkanes of at least 4 members (excludes halogenated alkanes) is 13. The molecule has 5 heteroatoms. The van der Waals surface area contributed by atoms with E-state index in [1.54, 1.807) is 0 Å². The van der Waals surface area contributed by atoms with Crippen LogP contribution in [-0.2, 0) is 9.09 Å². The molecule has 0 spiro atoms. The van der Waals surface area contributed by atoms with E-state index in [0.29, 0.717) is 0 Å². The first-order valence-electron chi connectivity index (χ1n) is 11.8. The summed E-state index contributed by atoms with van der Waals surface area (Å²) in [5.74, 6) is 0. The molecule has 0 aromatic rings. The molecule has 0 unspecified atom stereocenters. The van der Waals surface area contributed by atoms with Gasteiger partial charge in [0, 0.05) is 0 Å². The summed E-state index contributed by atoms with van der Waals surface area (Å²) in [7, 11) is -4.25. The molecule has 27 heavy (non-hydrogen) atoms. The van der Waals surface area contributed by atoms with Crippen molar-refractivity contribution in [1.82, 2.24) is 0 Å². The van der Waals surface area contributed by atoms with E-state index in [2.05, 4.69) is 11.4 Å². The van der Waals surface area contributed by atoms with Gasteiger partial charge in [-0.05, 0) is 6.42 Å². The van der Waals surface area contributed by atoms with Crippen molar-refractivity contribution < 1.29 is 18.9 Å². The topological polar surface area (TPSA) is 66.8 Å². The lowest BCUT2D eigenvalue weighted by Gasteiger charge is -2.05. The lowest BCUT2D eigenvalue weighted by Crippen LogP contribution is -1.92. The first-order valence-corrected chi connectivity index (χ1v) is 13.3. The summed E-state index contributed by atoms with van der Waals surface area (Å²) in [5, 5.41) is 0. The van der Waals surface area contributed by atoms with E-state index in [1.807, 2.05) is 0 Å². The predicted octanol–water partition coefficient (Wildman–Crippen LogP) is 7.92. The van der Waals surface area contributed by atoms with E-state index in [4.69, 9.17) is 9.79 Å². The number of rotatable bonds is 16. The Balaban J connectivity index is 0.000000941. The first kappa shape index (κ1) is 27.1. The highest BCUT2D eigenvalue weighted by atomic mass is 31.2. The zero-order valence-electron chi connectivity index (χ0n) is 18.0. The second-order valence-corrected chi connectivity index (χ2v) is 9.28. The average molecular weight is 407 g/mol. The van der Waals surface area contributed by atoms with Crippen LogP contribution in [0.5, 0.6) is 0 Å². The van der Waals surface area contributed by atoms with E-state index in [0.717, 1.165) is 19.3 Å². The normalized spacial score (nSPS) is 14.6. The highest BCUT2D eigenvalue weighted by molar-refractivity contribution is 7.46. The molecular formula is C22H47O4P. The van der Waals surface area contributed by atoms with Crippen molar-refractivity contribution in [3.05, 3.63) is 0 Å². The van der Waals surface area contributed by atoms with Gasteiger partial charge in [-0.15, -0.1) is 0 Å². The monoisotopic (exact) mass is 406 g/mol. The SMILES string of the molecule is C1CCCCC1.CCCCCCCCCCCCCCCCOP(=O)(O)O. The number of phosphoric acid groups is 1. The largest absolute Gasteiger partial charge is 0.469 e. The van der Waals surface area contributed by atoms with Crippen molar-refractivity contribution in [2.24, 2.45) is 0 Å². The fourth-order valence-corrected chi connectivity index (χ4v) is 3.91. The van der Waals surface area contributed by atoms with Crippen LogP contribution in [0, 0.1) is 0 Å². The Bertz CT molecular complexity index is 315. The van der Waals surface area contributed by atoms with E-state index >= 15 is 0 Å². The van der Waals surface area contributed by atoms with Crippen molar-refractivity contribution in [1.29, 1.82) is 0 Å². The molecule has 2 N–H and O–H groups in total. The second-order valence-electron chi connectivity index (χ2n) is 8.04. The molecule has 1 rings (SSSR count). The van der Waals surface area contributed by atoms with Gasteiger partial charge in [0.2, 0.25) is 0 Å². The summed E-state index contributed by atoms with van der Waals surface area (Å²) in [6, 6.07) is 0. The van der Waals surface area contributed by atoms with Gasteiger partial charge in [-0.25, -0.2) is 4.57 Å². The summed E-state index contributed by atoms with van der Waals surface area (Å²) < 4.78 is 14.8. The molecule has 0 heterocycles. The third kappa shape index (κ3) is 26.1. The van der Waals surface area contributed by atoms with Crippen LogP contribution in [0.4, 0.5) is 0 Å². The molecule has 1 aliphatic rings. The molecule has 164 valence electrons. The highest BCUT2D eigenvalue weighted by Gasteiger charge is 2.12. The molecule has 0 amide bonds. The van der Waals surface area contributed by atoms with Crippen molar-refractivity contribution in [3.8, 4) is 0 Å². The molecule has 0 radical (unpaired) electrons. The zero-order chi connectivity index (χ0) is 20.1. The van der Waals surface area contributed by atoms with Gasteiger partial charge < -0.3 is 9.79 Å². The van der Waals surface area contributed by atoms with Gasteiger partial charge in [-0.1, -0.05) is 129 Å². The Morgan fingerprint density at radius 3 is 1.19 bits per heavy atom. The van der Waals surface area contributed by atoms with Crippen LogP contribution in [0.3, 0.4) is 0 Å². The highest BCUT2D eigenvalue weighted by Crippen LogP contribution is 2.35. The van der Waals surface area contributed by atoms with Crippen molar-refractivity contribution >= 4 is 7.82 Å². The molecule has 0 aliphatic heterocycles. The first-order chi connectivity index (χ1) is 13.1. The van der Waals surface area contributed by atoms with Crippen molar-refractivity contribution in [3.63, 3.8) is 0 Å². The number of hydrogen-bond acceptors (Lipinski definition) is 2. The third-order valence-corrected chi connectivity index (χ3v) is 5.78. The lowest BCUT2D eigenvalue weighted by molar-refractivity contribution is 0.193. The predicted molar refractivity (Wildman–Crippen MR) is 116 cm³/mol. The Kier molecular flexibility index (Phi) is 20.9. The standard InChI is InChI=1S/C16H35O4P.C6H12/c1-2-3-4-5-6-7-8-9-10-11-12-13-14-15-16-20-21(17,18)19;1-2-4-6-5-3-1/h2-16H2,1H3,(H2,17,18,19);1-6H2. The maximum absolute atomic E-state index is 10.4. The summed E-state index contributed by atoms with van der Waals surface area (Å²) in [6.07, 6.45) is 26.8. The van der Waals surface area contributed by atoms with Crippen LogP contribution in [0.15, 0.2) is 0 Å². The fraction of sp³-hybridized carbons (Fsp3) is 1.00. The Hall–Kier alpha value is 0.110. The minimum Gasteiger partial charge on any atom is -0.303 e. The smallest absolute Gasteiger partial charge is 0.303 e. The molecule has 4 nitrogen and oxygen atoms in total. The van der Waals surface area contributed by atoms with Gasteiger partial charge in [0.05, 0.1) is 6.61 Å². The van der Waals surface area contributed by atoms with E-state index in [1.165, 1.54) is 109 Å². The quantitative estimate of drug-likeness (QED) is 0.202. The average Bonchev–Trinajstić information content (AvgIpc) is 2.66. The summed E-state index contributed by atoms with van der Waals surface area (Å²) >= 11 is 0. The lowest BCUT2D eigenvalue weighted by atomic mass is 10.0. The van der Waals surface area contributed by atoms with Crippen LogP contribution in [0.25, 0.3) is 0 Å². The fourth-order valence-electron chi connectivity index (χ4n) is 3.54. The van der Waals surface area contributed by atoms with Crippen LogP contribution in [-0.4, -0.2) is 16.4 Å². The molecule has 0 bridgehead atoms. The van der Waals surface area contributed by atoms with Gasteiger partial charge >= 0.3 is 7.82 Å². The van der Waals surface area contributed by atoms with Gasteiger partial charge in [0.1, 0.15) is 0 Å². The summed E-state index contributed by atoms with van der Waals surface area (Å²) in [6.45, 7) is 2.42. The molecular weight excluding hydrogens is 359 g/mol. The van der Waals surface area contributed by atoms with Gasteiger partial charge in [0.15, 0.2) is 0 Å². The van der Waals surface area contributed by atoms with Crippen LogP contribution >= 0.6 is 7.82 Å². The van der Waals surface area contributed by atoms with Crippen LogP contribution in [0.2, 0.25) is 0 Å². The maximum Gasteiger partial charge on any atom is 0.469 e. The van der Waals surface area contributed by atoms with Gasteiger partial charge in [-0.2, -0.15) is 0 Å². The number of phosphoric ester groups is 1. The Labute approximate surface area is 169 Å². The summed E-state index contributed by atoms with van der Waals surface area (Å²) in [4.78, 5) is 17.0. The van der Waals surface area contributed by atoms with Crippen molar-refractivity contribution in [2.75, 3.05) is 6.61 Å². The molecule has 0 atom stereocenters. The Morgan fingerprint density at radius 1 is 0.593 bits per heavy atom. The van der Waals surface area contributed by atoms with Gasteiger partial charge in [-0.3, -0.25) is 4.52 Å². The molecule has 0 aromatic heterocycles. The molecule has 0 saturated heterocycles. The van der Waals surface area contributed by atoms with Crippen LogP contribution < -0.4 is 0 Å². The third-order valence-electron chi connectivity index (χ3n) is 5.26. The minimum absolute atomic E-state index is 0.169. The molecule has 1 aliphatic carbocycles. The van der Waals surface area contributed by atoms with E-state index < -0.39 is 7.82 Å². The molecule has 1 fully saturated rings. The van der Waals surface area contributed by atoms with E-state index in [-0.39, 0.29) is 6.61 Å². The Morgan fingerprint density at radius 2 is 0.889 bits per heavy atom. The maximum atomic E-state index is 10.4. The van der Waals surface area contributed by atoms with Crippen molar-refractivity contribution in [2.45, 2.75) is 135 Å². The van der Waals surface area contributed by atoms with Crippen LogP contribution in [0.1, 0.15) is 135 Å². The summed E-state index contributed by atoms with van der Waals surface area (Å²) in [5.41, 5.74) is 0. The minimum atomic E-state index is -4.25. The molecule has 0 aromatic carbocycles. The molecule has 1 saturated carbocycles. The second kappa shape index (κ2) is 20.8. The number of hydrogen-bond donors (Lipinski definition) is 2.